The van der Waals surface area contributed by atoms with Crippen molar-refractivity contribution in [2.24, 2.45) is 0 Å². The van der Waals surface area contributed by atoms with E-state index < -0.39 is 0 Å². The highest BCUT2D eigenvalue weighted by molar-refractivity contribution is 6.04. The lowest BCUT2D eigenvalue weighted by atomic mass is 10.1. The molecule has 0 saturated heterocycles. The van der Waals surface area contributed by atoms with E-state index in [9.17, 15) is 9.59 Å². The SMILES string of the molecule is COc1ccccc1NC(=O)COc1ccc(C(=O)Nc2ccccc2C)cc1. The number of rotatable bonds is 7. The summed E-state index contributed by atoms with van der Waals surface area (Å²) in [7, 11) is 1.54. The molecule has 0 aliphatic rings. The van der Waals surface area contributed by atoms with Gasteiger partial charge in [0, 0.05) is 11.3 Å². The third-order valence-corrected chi connectivity index (χ3v) is 4.26. The fourth-order valence-corrected chi connectivity index (χ4v) is 2.69. The van der Waals surface area contributed by atoms with Gasteiger partial charge in [-0.15, -0.1) is 0 Å². The second-order valence-electron chi connectivity index (χ2n) is 6.33. The molecule has 2 amide bonds. The first-order valence-corrected chi connectivity index (χ1v) is 9.09. The lowest BCUT2D eigenvalue weighted by Gasteiger charge is -2.11. The molecule has 0 aliphatic carbocycles. The summed E-state index contributed by atoms with van der Waals surface area (Å²) in [6.07, 6.45) is 0. The van der Waals surface area contributed by atoms with Gasteiger partial charge >= 0.3 is 0 Å². The Morgan fingerprint density at radius 3 is 2.17 bits per heavy atom. The number of hydrogen-bond donors (Lipinski definition) is 2. The Hall–Kier alpha value is -3.80. The highest BCUT2D eigenvalue weighted by Gasteiger charge is 2.10. The van der Waals surface area contributed by atoms with Gasteiger partial charge in [0.15, 0.2) is 6.61 Å². The number of nitrogens with one attached hydrogen (secondary N) is 2. The van der Waals surface area contributed by atoms with Crippen molar-refractivity contribution in [2.45, 2.75) is 6.92 Å². The molecule has 148 valence electrons. The van der Waals surface area contributed by atoms with E-state index in [-0.39, 0.29) is 18.4 Å². The second-order valence-corrected chi connectivity index (χ2v) is 6.33. The van der Waals surface area contributed by atoms with Crippen molar-refractivity contribution in [2.75, 3.05) is 24.4 Å². The molecule has 0 fully saturated rings. The van der Waals surface area contributed by atoms with Gasteiger partial charge in [-0.1, -0.05) is 30.3 Å². The first-order valence-electron chi connectivity index (χ1n) is 9.09. The highest BCUT2D eigenvalue weighted by atomic mass is 16.5. The summed E-state index contributed by atoms with van der Waals surface area (Å²) < 4.78 is 10.7. The fourth-order valence-electron chi connectivity index (χ4n) is 2.69. The fraction of sp³-hybridized carbons (Fsp3) is 0.130. The van der Waals surface area contributed by atoms with Gasteiger partial charge < -0.3 is 20.1 Å². The Balaban J connectivity index is 1.54. The zero-order valence-corrected chi connectivity index (χ0v) is 16.3. The predicted octanol–water partition coefficient (Wildman–Crippen LogP) is 4.27. The number of para-hydroxylation sites is 3. The minimum atomic E-state index is -0.309. The number of benzene rings is 3. The average molecular weight is 390 g/mol. The molecule has 6 nitrogen and oxygen atoms in total. The van der Waals surface area contributed by atoms with E-state index in [0.717, 1.165) is 11.3 Å². The molecule has 0 radical (unpaired) electrons. The van der Waals surface area contributed by atoms with Crippen LogP contribution in [0, 0.1) is 6.92 Å². The summed E-state index contributed by atoms with van der Waals surface area (Å²) in [6, 6.07) is 21.3. The number of carbonyl (C=O) groups excluding carboxylic acids is 2. The lowest BCUT2D eigenvalue weighted by Crippen LogP contribution is -2.20. The minimum absolute atomic E-state index is 0.160. The van der Waals surface area contributed by atoms with Crippen molar-refractivity contribution in [3.05, 3.63) is 83.9 Å². The van der Waals surface area contributed by atoms with Crippen LogP contribution >= 0.6 is 0 Å². The summed E-state index contributed by atoms with van der Waals surface area (Å²) in [4.78, 5) is 24.5. The van der Waals surface area contributed by atoms with Crippen molar-refractivity contribution in [3.8, 4) is 11.5 Å². The molecule has 3 aromatic carbocycles. The van der Waals surface area contributed by atoms with Gasteiger partial charge in [-0.2, -0.15) is 0 Å². The van der Waals surface area contributed by atoms with Crippen LogP contribution in [0.15, 0.2) is 72.8 Å². The van der Waals surface area contributed by atoms with Crippen LogP contribution in [0.1, 0.15) is 15.9 Å². The van der Waals surface area contributed by atoms with Gasteiger partial charge in [-0.3, -0.25) is 9.59 Å². The molecular weight excluding hydrogens is 368 g/mol. The quantitative estimate of drug-likeness (QED) is 0.632. The van der Waals surface area contributed by atoms with Crippen molar-refractivity contribution in [1.29, 1.82) is 0 Å². The van der Waals surface area contributed by atoms with Crippen LogP contribution in [0.25, 0.3) is 0 Å². The number of carbonyl (C=O) groups is 2. The molecule has 3 rings (SSSR count). The molecule has 0 aliphatic heterocycles. The second kappa shape index (κ2) is 9.41. The van der Waals surface area contributed by atoms with Gasteiger partial charge in [0.1, 0.15) is 11.5 Å². The summed E-state index contributed by atoms with van der Waals surface area (Å²) >= 11 is 0. The Labute approximate surface area is 169 Å². The van der Waals surface area contributed by atoms with Crippen molar-refractivity contribution >= 4 is 23.2 Å². The topological polar surface area (TPSA) is 76.7 Å². The number of methoxy groups -OCH3 is 1. The normalized spacial score (nSPS) is 10.1. The van der Waals surface area contributed by atoms with E-state index in [1.54, 1.807) is 42.5 Å². The predicted molar refractivity (Wildman–Crippen MR) is 113 cm³/mol. The van der Waals surface area contributed by atoms with Crippen LogP contribution in [0.2, 0.25) is 0 Å². The van der Waals surface area contributed by atoms with E-state index in [1.165, 1.54) is 7.11 Å². The first-order chi connectivity index (χ1) is 14.1. The van der Waals surface area contributed by atoms with Gasteiger partial charge in [0.25, 0.3) is 11.8 Å². The number of ether oxygens (including phenoxy) is 2. The summed E-state index contributed by atoms with van der Waals surface area (Å²) in [5, 5.41) is 5.62. The molecule has 0 heterocycles. The van der Waals surface area contributed by atoms with Gasteiger partial charge in [-0.05, 0) is 55.0 Å². The molecule has 0 aromatic heterocycles. The zero-order chi connectivity index (χ0) is 20.6. The van der Waals surface area contributed by atoms with Crippen LogP contribution in [0.3, 0.4) is 0 Å². The van der Waals surface area contributed by atoms with Gasteiger partial charge in [0.05, 0.1) is 12.8 Å². The highest BCUT2D eigenvalue weighted by Crippen LogP contribution is 2.23. The molecule has 2 N–H and O–H groups in total. The molecule has 0 atom stereocenters. The average Bonchev–Trinajstić information content (AvgIpc) is 2.74. The maximum Gasteiger partial charge on any atom is 0.262 e. The Morgan fingerprint density at radius 2 is 1.48 bits per heavy atom. The third-order valence-electron chi connectivity index (χ3n) is 4.26. The summed E-state index contributed by atoms with van der Waals surface area (Å²) in [5.41, 5.74) is 2.83. The van der Waals surface area contributed by atoms with Crippen LogP contribution in [-0.4, -0.2) is 25.5 Å². The van der Waals surface area contributed by atoms with Crippen LogP contribution in [-0.2, 0) is 4.79 Å². The first kappa shape index (κ1) is 19.9. The summed E-state index contributed by atoms with van der Waals surface area (Å²) in [5.74, 6) is 0.549. The number of amides is 2. The molecule has 3 aromatic rings. The summed E-state index contributed by atoms with van der Waals surface area (Å²) in [6.45, 7) is 1.77. The molecule has 29 heavy (non-hydrogen) atoms. The largest absolute Gasteiger partial charge is 0.495 e. The van der Waals surface area contributed by atoms with E-state index in [1.807, 2.05) is 37.3 Å². The van der Waals surface area contributed by atoms with Crippen molar-refractivity contribution in [1.82, 2.24) is 0 Å². The molecule has 0 unspecified atom stereocenters. The maximum absolute atomic E-state index is 12.4. The molecule has 6 heteroatoms. The van der Waals surface area contributed by atoms with Crippen molar-refractivity contribution in [3.63, 3.8) is 0 Å². The third kappa shape index (κ3) is 5.35. The number of hydrogen-bond acceptors (Lipinski definition) is 4. The van der Waals surface area contributed by atoms with Crippen molar-refractivity contribution < 1.29 is 19.1 Å². The standard InChI is InChI=1S/C23H22N2O4/c1-16-7-3-4-8-19(16)25-23(27)17-11-13-18(14-12-17)29-15-22(26)24-20-9-5-6-10-21(20)28-2/h3-14H,15H2,1-2H3,(H,24,26)(H,25,27). The minimum Gasteiger partial charge on any atom is -0.495 e. The van der Waals surface area contributed by atoms with E-state index in [4.69, 9.17) is 9.47 Å². The number of aryl methyl sites for hydroxylation is 1. The Kier molecular flexibility index (Phi) is 6.47. The lowest BCUT2D eigenvalue weighted by molar-refractivity contribution is -0.118. The number of anilines is 2. The monoisotopic (exact) mass is 390 g/mol. The molecular formula is C23H22N2O4. The smallest absolute Gasteiger partial charge is 0.262 e. The van der Waals surface area contributed by atoms with Crippen LogP contribution in [0.4, 0.5) is 11.4 Å². The zero-order valence-electron chi connectivity index (χ0n) is 16.3. The Bertz CT molecular complexity index is 1000. The maximum atomic E-state index is 12.4. The van der Waals surface area contributed by atoms with Gasteiger partial charge in [-0.25, -0.2) is 0 Å². The Morgan fingerprint density at radius 1 is 0.828 bits per heavy atom. The van der Waals surface area contributed by atoms with Crippen LogP contribution in [0.5, 0.6) is 11.5 Å². The van der Waals surface area contributed by atoms with Crippen LogP contribution < -0.4 is 20.1 Å². The van der Waals surface area contributed by atoms with E-state index in [2.05, 4.69) is 10.6 Å². The molecule has 0 saturated carbocycles. The van der Waals surface area contributed by atoms with E-state index in [0.29, 0.717) is 22.7 Å². The van der Waals surface area contributed by atoms with Gasteiger partial charge in [0.2, 0.25) is 0 Å². The van der Waals surface area contributed by atoms with E-state index >= 15 is 0 Å². The molecule has 0 bridgehead atoms. The molecule has 0 spiro atoms.